The number of aliphatic carboxylic acids is 1. The van der Waals surface area contributed by atoms with E-state index in [-0.39, 0.29) is 18.5 Å². The second-order valence-corrected chi connectivity index (χ2v) is 5.52. The maximum absolute atomic E-state index is 12.6. The summed E-state index contributed by atoms with van der Waals surface area (Å²) in [4.78, 5) is 29.5. The van der Waals surface area contributed by atoms with Crippen molar-refractivity contribution in [2.45, 2.75) is 25.3 Å². The summed E-state index contributed by atoms with van der Waals surface area (Å²) in [5.41, 5.74) is 1.41. The van der Waals surface area contributed by atoms with Gasteiger partial charge in [0.2, 0.25) is 5.91 Å². The van der Waals surface area contributed by atoms with Crippen LogP contribution < -0.4 is 4.90 Å². The number of benzene rings is 1. The summed E-state index contributed by atoms with van der Waals surface area (Å²) in [7, 11) is 0. The molecule has 1 amide bonds. The molecule has 0 saturated heterocycles. The van der Waals surface area contributed by atoms with Gasteiger partial charge in [-0.1, -0.05) is 18.2 Å². The Kier molecular flexibility index (Phi) is 3.66. The number of carbonyl (C=O) groups is 2. The summed E-state index contributed by atoms with van der Waals surface area (Å²) in [6, 6.07) is 7.18. The number of hydrogen-bond acceptors (Lipinski definition) is 3. The fraction of sp³-hybridized carbons (Fsp3) is 0.312. The van der Waals surface area contributed by atoms with Crippen LogP contribution in [0.4, 0.5) is 5.69 Å². The molecular weight excluding hydrogens is 282 g/mol. The Morgan fingerprint density at radius 1 is 1.41 bits per heavy atom. The van der Waals surface area contributed by atoms with Crippen LogP contribution in [0.1, 0.15) is 30.9 Å². The summed E-state index contributed by atoms with van der Waals surface area (Å²) in [5.74, 6) is -1.62. The van der Waals surface area contributed by atoms with Crippen LogP contribution in [0.15, 0.2) is 43.0 Å². The standard InChI is InChI=1S/C16H17N3O3/c1-11(18-7-6-17-10-18)8-15(20)19-9-13(16(21)22)12-4-2-3-5-14(12)19/h2-7,10-11,13H,8-9H2,1H3,(H,21,22). The van der Waals surface area contributed by atoms with Crippen LogP contribution in [0.2, 0.25) is 0 Å². The van der Waals surface area contributed by atoms with Crippen molar-refractivity contribution < 1.29 is 14.7 Å². The topological polar surface area (TPSA) is 75.4 Å². The van der Waals surface area contributed by atoms with E-state index in [0.717, 1.165) is 0 Å². The van der Waals surface area contributed by atoms with Gasteiger partial charge in [-0.25, -0.2) is 4.98 Å². The zero-order valence-corrected chi connectivity index (χ0v) is 12.2. The molecule has 6 heteroatoms. The Morgan fingerprint density at radius 3 is 2.86 bits per heavy atom. The monoisotopic (exact) mass is 299 g/mol. The maximum Gasteiger partial charge on any atom is 0.312 e. The van der Waals surface area contributed by atoms with Gasteiger partial charge in [-0.15, -0.1) is 0 Å². The van der Waals surface area contributed by atoms with Crippen molar-refractivity contribution in [1.29, 1.82) is 0 Å². The second-order valence-electron chi connectivity index (χ2n) is 5.52. The molecule has 0 spiro atoms. The summed E-state index contributed by atoms with van der Waals surface area (Å²) < 4.78 is 1.87. The molecule has 0 bridgehead atoms. The first-order chi connectivity index (χ1) is 10.6. The molecule has 1 aromatic carbocycles. The van der Waals surface area contributed by atoms with E-state index in [2.05, 4.69) is 4.98 Å². The first kappa shape index (κ1) is 14.3. The molecule has 0 fully saturated rings. The first-order valence-corrected chi connectivity index (χ1v) is 7.17. The molecule has 0 radical (unpaired) electrons. The largest absolute Gasteiger partial charge is 0.481 e. The zero-order valence-electron chi connectivity index (χ0n) is 12.2. The molecule has 0 aliphatic carbocycles. The number of hydrogen-bond donors (Lipinski definition) is 1. The lowest BCUT2D eigenvalue weighted by Crippen LogP contribution is -2.32. The second kappa shape index (κ2) is 5.63. The van der Waals surface area contributed by atoms with E-state index in [1.807, 2.05) is 23.8 Å². The summed E-state index contributed by atoms with van der Waals surface area (Å²) in [6.45, 7) is 2.14. The molecule has 1 aromatic heterocycles. The Bertz CT molecular complexity index is 696. The summed E-state index contributed by atoms with van der Waals surface area (Å²) in [5, 5.41) is 9.34. The van der Waals surface area contributed by atoms with Crippen molar-refractivity contribution in [3.05, 3.63) is 48.5 Å². The highest BCUT2D eigenvalue weighted by atomic mass is 16.4. The molecule has 2 heterocycles. The molecule has 22 heavy (non-hydrogen) atoms. The number of nitrogens with zero attached hydrogens (tertiary/aromatic N) is 3. The molecular formula is C16H17N3O3. The lowest BCUT2D eigenvalue weighted by Gasteiger charge is -2.20. The number of anilines is 1. The smallest absolute Gasteiger partial charge is 0.312 e. The molecule has 1 aliphatic heterocycles. The minimum atomic E-state index is -0.898. The minimum absolute atomic E-state index is 0.0222. The Balaban J connectivity index is 1.80. The average Bonchev–Trinajstić information content (AvgIpc) is 3.15. The van der Waals surface area contributed by atoms with E-state index >= 15 is 0 Å². The zero-order chi connectivity index (χ0) is 15.7. The average molecular weight is 299 g/mol. The van der Waals surface area contributed by atoms with Crippen LogP contribution in [0.3, 0.4) is 0 Å². The normalized spacial score (nSPS) is 18.0. The molecule has 1 N–H and O–H groups in total. The lowest BCUT2D eigenvalue weighted by molar-refractivity contribution is -0.138. The Hall–Kier alpha value is -2.63. The summed E-state index contributed by atoms with van der Waals surface area (Å²) >= 11 is 0. The van der Waals surface area contributed by atoms with Crippen LogP contribution in [-0.4, -0.2) is 33.1 Å². The molecule has 6 nitrogen and oxygen atoms in total. The van der Waals surface area contributed by atoms with Gasteiger partial charge in [-0.3, -0.25) is 9.59 Å². The van der Waals surface area contributed by atoms with Crippen LogP contribution in [-0.2, 0) is 9.59 Å². The molecule has 2 atom stereocenters. The summed E-state index contributed by atoms with van der Waals surface area (Å²) in [6.07, 6.45) is 5.47. The first-order valence-electron chi connectivity index (χ1n) is 7.17. The van der Waals surface area contributed by atoms with Gasteiger partial charge in [-0.05, 0) is 18.6 Å². The fourth-order valence-corrected chi connectivity index (χ4v) is 2.85. The quantitative estimate of drug-likeness (QED) is 0.937. The number of carbonyl (C=O) groups excluding carboxylic acids is 1. The number of imidazole rings is 1. The lowest BCUT2D eigenvalue weighted by atomic mass is 10.0. The van der Waals surface area contributed by atoms with E-state index in [0.29, 0.717) is 17.7 Å². The van der Waals surface area contributed by atoms with Crippen molar-refractivity contribution in [3.8, 4) is 0 Å². The fourth-order valence-electron chi connectivity index (χ4n) is 2.85. The van der Waals surface area contributed by atoms with E-state index < -0.39 is 11.9 Å². The number of fused-ring (bicyclic) bond motifs is 1. The van der Waals surface area contributed by atoms with E-state index in [9.17, 15) is 14.7 Å². The van der Waals surface area contributed by atoms with Crippen LogP contribution in [0.5, 0.6) is 0 Å². The van der Waals surface area contributed by atoms with E-state index in [4.69, 9.17) is 0 Å². The van der Waals surface area contributed by atoms with Crippen LogP contribution in [0.25, 0.3) is 0 Å². The highest BCUT2D eigenvalue weighted by molar-refractivity contribution is 5.99. The Morgan fingerprint density at radius 2 is 2.18 bits per heavy atom. The van der Waals surface area contributed by atoms with Gasteiger partial charge >= 0.3 is 5.97 Å². The number of rotatable bonds is 4. The molecule has 114 valence electrons. The Labute approximate surface area is 128 Å². The van der Waals surface area contributed by atoms with Crippen molar-refractivity contribution in [3.63, 3.8) is 0 Å². The third-order valence-electron chi connectivity index (χ3n) is 4.07. The van der Waals surface area contributed by atoms with E-state index in [1.54, 1.807) is 35.6 Å². The number of aromatic nitrogens is 2. The van der Waals surface area contributed by atoms with Crippen molar-refractivity contribution in [1.82, 2.24) is 9.55 Å². The SMILES string of the molecule is CC(CC(=O)N1CC(C(=O)O)c2ccccc21)n1ccnc1. The van der Waals surface area contributed by atoms with Crippen LogP contribution >= 0.6 is 0 Å². The molecule has 2 aromatic rings. The van der Waals surface area contributed by atoms with E-state index in [1.165, 1.54) is 0 Å². The molecule has 1 aliphatic rings. The van der Waals surface area contributed by atoms with Gasteiger partial charge in [0.1, 0.15) is 5.92 Å². The van der Waals surface area contributed by atoms with Crippen molar-refractivity contribution in [2.75, 3.05) is 11.4 Å². The third kappa shape index (κ3) is 2.47. The minimum Gasteiger partial charge on any atom is -0.481 e. The van der Waals surface area contributed by atoms with Gasteiger partial charge in [0, 0.05) is 37.1 Å². The molecule has 2 unspecified atom stereocenters. The van der Waals surface area contributed by atoms with Gasteiger partial charge in [0.15, 0.2) is 0 Å². The van der Waals surface area contributed by atoms with Gasteiger partial charge in [0.05, 0.1) is 6.33 Å². The van der Waals surface area contributed by atoms with Crippen LogP contribution in [0, 0.1) is 0 Å². The van der Waals surface area contributed by atoms with Crippen molar-refractivity contribution in [2.24, 2.45) is 0 Å². The highest BCUT2D eigenvalue weighted by Gasteiger charge is 2.36. The molecule has 3 rings (SSSR count). The van der Waals surface area contributed by atoms with Gasteiger partial charge < -0.3 is 14.6 Å². The van der Waals surface area contributed by atoms with Gasteiger partial charge in [0.25, 0.3) is 0 Å². The highest BCUT2D eigenvalue weighted by Crippen LogP contribution is 2.37. The van der Waals surface area contributed by atoms with Gasteiger partial charge in [-0.2, -0.15) is 0 Å². The van der Waals surface area contributed by atoms with Crippen molar-refractivity contribution >= 4 is 17.6 Å². The number of carboxylic acid groups (broad SMARTS) is 1. The maximum atomic E-state index is 12.6. The predicted octanol–water partition coefficient (Wildman–Crippen LogP) is 2.05. The molecule has 0 saturated carbocycles. The number of carboxylic acids is 1. The number of para-hydroxylation sites is 1. The number of amides is 1. The third-order valence-corrected chi connectivity index (χ3v) is 4.07. The predicted molar refractivity (Wildman–Crippen MR) is 80.7 cm³/mol.